The minimum atomic E-state index is -0.368. The van der Waals surface area contributed by atoms with Gasteiger partial charge in [0.25, 0.3) is 0 Å². The molecule has 1 amide bonds. The first-order valence-corrected chi connectivity index (χ1v) is 7.48. The minimum absolute atomic E-state index is 0.112. The molecule has 0 unspecified atom stereocenters. The van der Waals surface area contributed by atoms with Crippen molar-refractivity contribution in [1.82, 2.24) is 5.48 Å². The second kappa shape index (κ2) is 8.54. The molecule has 0 aliphatic heterocycles. The van der Waals surface area contributed by atoms with Crippen LogP contribution in [0.3, 0.4) is 0 Å². The number of benzene rings is 1. The summed E-state index contributed by atoms with van der Waals surface area (Å²) in [5, 5.41) is 8.42. The number of carbonyl (C=O) groups is 2. The fourth-order valence-corrected chi connectivity index (χ4v) is 2.35. The molecule has 0 aliphatic rings. The zero-order valence-corrected chi connectivity index (χ0v) is 13.5. The van der Waals surface area contributed by atoms with Crippen molar-refractivity contribution < 1.29 is 19.5 Å². The molecule has 0 heterocycles. The van der Waals surface area contributed by atoms with E-state index in [-0.39, 0.29) is 17.1 Å². The summed E-state index contributed by atoms with van der Waals surface area (Å²) in [6.45, 7) is 4.11. The number of ketones is 1. The number of methoxy groups -OCH3 is 1. The normalized spacial score (nSPS) is 11.1. The Morgan fingerprint density at radius 2 is 1.82 bits per heavy atom. The van der Waals surface area contributed by atoms with Gasteiger partial charge in [-0.05, 0) is 42.5 Å². The van der Waals surface area contributed by atoms with E-state index in [1.54, 1.807) is 36.9 Å². The van der Waals surface area contributed by atoms with E-state index < -0.39 is 0 Å². The molecule has 0 spiro atoms. The molecule has 0 bridgehead atoms. The van der Waals surface area contributed by atoms with Gasteiger partial charge in [0, 0.05) is 18.4 Å². The van der Waals surface area contributed by atoms with Crippen molar-refractivity contribution in [1.29, 1.82) is 0 Å². The summed E-state index contributed by atoms with van der Waals surface area (Å²) in [5.74, 6) is 0.478. The lowest BCUT2D eigenvalue weighted by molar-refractivity contribution is -0.129. The Morgan fingerprint density at radius 3 is 2.36 bits per heavy atom. The van der Waals surface area contributed by atoms with Gasteiger partial charge in [0.1, 0.15) is 5.75 Å². The third kappa shape index (κ3) is 6.26. The van der Waals surface area contributed by atoms with E-state index in [4.69, 9.17) is 9.94 Å². The number of hydrogen-bond donors (Lipinski definition) is 2. The van der Waals surface area contributed by atoms with Gasteiger partial charge >= 0.3 is 0 Å². The number of hydrogen-bond acceptors (Lipinski definition) is 4. The Kier molecular flexibility index (Phi) is 7.05. The summed E-state index contributed by atoms with van der Waals surface area (Å²) in [4.78, 5) is 23.2. The van der Waals surface area contributed by atoms with Gasteiger partial charge in [-0.1, -0.05) is 20.3 Å². The van der Waals surface area contributed by atoms with E-state index in [0.29, 0.717) is 24.8 Å². The van der Waals surface area contributed by atoms with Crippen LogP contribution < -0.4 is 10.2 Å². The maximum absolute atomic E-state index is 12.3. The summed E-state index contributed by atoms with van der Waals surface area (Å²) in [6.07, 6.45) is 3.17. The maximum atomic E-state index is 12.3. The van der Waals surface area contributed by atoms with Gasteiger partial charge in [-0.25, -0.2) is 5.48 Å². The molecule has 1 aromatic carbocycles. The molecular weight excluding hydrogens is 282 g/mol. The van der Waals surface area contributed by atoms with Crippen LogP contribution in [0.2, 0.25) is 0 Å². The molecule has 5 heteroatoms. The Bertz CT molecular complexity index is 494. The second-order valence-electron chi connectivity index (χ2n) is 6.23. The predicted molar refractivity (Wildman–Crippen MR) is 84.1 cm³/mol. The fourth-order valence-electron chi connectivity index (χ4n) is 2.35. The van der Waals surface area contributed by atoms with E-state index in [1.807, 2.05) is 0 Å². The fraction of sp³-hybridized carbons (Fsp3) is 0.529. The second-order valence-corrected chi connectivity index (χ2v) is 6.23. The van der Waals surface area contributed by atoms with Crippen LogP contribution in [0.5, 0.6) is 5.75 Å². The molecule has 0 aliphatic carbocycles. The number of rotatable bonds is 9. The first-order valence-electron chi connectivity index (χ1n) is 7.48. The van der Waals surface area contributed by atoms with Crippen LogP contribution in [0, 0.1) is 5.41 Å². The summed E-state index contributed by atoms with van der Waals surface area (Å²) in [7, 11) is 1.59. The zero-order valence-electron chi connectivity index (χ0n) is 13.5. The quantitative estimate of drug-likeness (QED) is 0.317. The summed E-state index contributed by atoms with van der Waals surface area (Å²) in [5.41, 5.74) is 2.19. The molecule has 0 radical (unpaired) electrons. The lowest BCUT2D eigenvalue weighted by Crippen LogP contribution is -2.19. The van der Waals surface area contributed by atoms with Gasteiger partial charge in [-0.3, -0.25) is 14.8 Å². The Labute approximate surface area is 131 Å². The molecule has 1 aromatic rings. The number of amides is 1. The van der Waals surface area contributed by atoms with Crippen LogP contribution in [0.1, 0.15) is 56.3 Å². The Balaban J connectivity index is 2.45. The lowest BCUT2D eigenvalue weighted by atomic mass is 9.81. The van der Waals surface area contributed by atoms with Crippen molar-refractivity contribution in [2.24, 2.45) is 5.41 Å². The van der Waals surface area contributed by atoms with Gasteiger partial charge in [0.15, 0.2) is 5.78 Å². The van der Waals surface area contributed by atoms with E-state index >= 15 is 0 Å². The predicted octanol–water partition coefficient (Wildman–Crippen LogP) is 3.36. The van der Waals surface area contributed by atoms with E-state index in [9.17, 15) is 9.59 Å². The highest BCUT2D eigenvalue weighted by Gasteiger charge is 2.22. The van der Waals surface area contributed by atoms with Crippen LogP contribution in [0.25, 0.3) is 0 Å². The van der Waals surface area contributed by atoms with Crippen LogP contribution in [-0.4, -0.2) is 24.0 Å². The first kappa shape index (κ1) is 18.2. The maximum Gasteiger partial charge on any atom is 0.243 e. The van der Waals surface area contributed by atoms with Crippen LogP contribution >= 0.6 is 0 Å². The highest BCUT2D eigenvalue weighted by Crippen LogP contribution is 2.29. The molecule has 0 fully saturated rings. The molecule has 22 heavy (non-hydrogen) atoms. The Hall–Kier alpha value is -1.88. The lowest BCUT2D eigenvalue weighted by Gasteiger charge is -2.23. The largest absolute Gasteiger partial charge is 0.497 e. The molecule has 122 valence electrons. The average Bonchev–Trinajstić information content (AvgIpc) is 2.50. The monoisotopic (exact) mass is 307 g/mol. The molecule has 0 aromatic heterocycles. The summed E-state index contributed by atoms with van der Waals surface area (Å²) >= 11 is 0. The molecule has 0 atom stereocenters. The van der Waals surface area contributed by atoms with Crippen molar-refractivity contribution in [3.8, 4) is 5.75 Å². The third-order valence-electron chi connectivity index (χ3n) is 3.68. The Morgan fingerprint density at radius 1 is 1.18 bits per heavy atom. The van der Waals surface area contributed by atoms with Crippen LogP contribution in [0.4, 0.5) is 0 Å². The smallest absolute Gasteiger partial charge is 0.243 e. The van der Waals surface area contributed by atoms with Crippen molar-refractivity contribution in [3.05, 3.63) is 29.8 Å². The average molecular weight is 307 g/mol. The van der Waals surface area contributed by atoms with E-state index in [0.717, 1.165) is 18.6 Å². The van der Waals surface area contributed by atoms with E-state index in [2.05, 4.69) is 13.8 Å². The SMILES string of the molecule is COc1ccc(C(=O)CC(C)(C)CCCCC(=O)NO)cc1. The number of carbonyl (C=O) groups excluding carboxylic acids is 2. The van der Waals surface area contributed by atoms with Gasteiger partial charge in [0.05, 0.1) is 7.11 Å². The summed E-state index contributed by atoms with van der Waals surface area (Å²) < 4.78 is 5.08. The van der Waals surface area contributed by atoms with Gasteiger partial charge in [-0.2, -0.15) is 0 Å². The third-order valence-corrected chi connectivity index (χ3v) is 3.68. The van der Waals surface area contributed by atoms with Crippen LogP contribution in [0.15, 0.2) is 24.3 Å². The molecule has 0 saturated heterocycles. The number of hydroxylamine groups is 1. The number of nitrogens with one attached hydrogen (secondary N) is 1. The minimum Gasteiger partial charge on any atom is -0.497 e. The first-order chi connectivity index (χ1) is 10.4. The highest BCUT2D eigenvalue weighted by atomic mass is 16.5. The number of unbranched alkanes of at least 4 members (excludes halogenated alkanes) is 1. The molecule has 2 N–H and O–H groups in total. The van der Waals surface area contributed by atoms with E-state index in [1.165, 1.54) is 0 Å². The van der Waals surface area contributed by atoms with Crippen molar-refractivity contribution >= 4 is 11.7 Å². The van der Waals surface area contributed by atoms with Crippen molar-refractivity contribution in [3.63, 3.8) is 0 Å². The van der Waals surface area contributed by atoms with Gasteiger partial charge < -0.3 is 4.74 Å². The molecule has 0 saturated carbocycles. The molecule has 5 nitrogen and oxygen atoms in total. The van der Waals surface area contributed by atoms with Crippen molar-refractivity contribution in [2.75, 3.05) is 7.11 Å². The number of ether oxygens (including phenoxy) is 1. The molecular formula is C17H25NO4. The number of Topliss-reactive ketones (excluding diaryl/α,β-unsaturated/α-hetero) is 1. The van der Waals surface area contributed by atoms with Crippen LogP contribution in [-0.2, 0) is 4.79 Å². The van der Waals surface area contributed by atoms with Gasteiger partial charge in [-0.15, -0.1) is 0 Å². The topological polar surface area (TPSA) is 75.6 Å². The standard InChI is InChI=1S/C17H25NO4/c1-17(2,11-5-4-6-16(20)18-21)12-15(19)13-7-9-14(22-3)10-8-13/h7-10,21H,4-6,11-12H2,1-3H3,(H,18,20). The molecule has 1 rings (SSSR count). The van der Waals surface area contributed by atoms with Gasteiger partial charge in [0.2, 0.25) is 5.91 Å². The zero-order chi connectivity index (χ0) is 16.6. The highest BCUT2D eigenvalue weighted by molar-refractivity contribution is 5.96. The van der Waals surface area contributed by atoms with Crippen molar-refractivity contribution in [2.45, 2.75) is 46.0 Å². The summed E-state index contributed by atoms with van der Waals surface area (Å²) in [6, 6.07) is 7.13.